The van der Waals surface area contributed by atoms with Crippen molar-refractivity contribution in [3.8, 4) is 16.3 Å². The number of nitrogens with zero attached hydrogens (tertiary/aromatic N) is 2. The Labute approximate surface area is 169 Å². The van der Waals surface area contributed by atoms with Crippen LogP contribution in [0.5, 0.6) is 5.75 Å². The molecule has 0 saturated heterocycles. The summed E-state index contributed by atoms with van der Waals surface area (Å²) in [4.78, 5) is 5.79. The van der Waals surface area contributed by atoms with Gasteiger partial charge < -0.3 is 4.74 Å². The van der Waals surface area contributed by atoms with Crippen LogP contribution in [0.1, 0.15) is 23.1 Å². The van der Waals surface area contributed by atoms with Crippen LogP contribution in [0.3, 0.4) is 0 Å². The van der Waals surface area contributed by atoms with Gasteiger partial charge in [-0.2, -0.15) is 4.31 Å². The third-order valence-corrected chi connectivity index (χ3v) is 7.62. The van der Waals surface area contributed by atoms with Crippen molar-refractivity contribution in [1.29, 1.82) is 0 Å². The lowest BCUT2D eigenvalue weighted by molar-refractivity contribution is 0.340. The van der Waals surface area contributed by atoms with Crippen LogP contribution in [0.15, 0.2) is 54.6 Å². The molecular formula is C21H22N2O3S2. The van der Waals surface area contributed by atoms with E-state index in [-0.39, 0.29) is 5.75 Å². The first-order valence-corrected chi connectivity index (χ1v) is 11.7. The Bertz CT molecular complexity index is 1050. The average molecular weight is 415 g/mol. The van der Waals surface area contributed by atoms with Crippen LogP contribution in [0.4, 0.5) is 0 Å². The highest BCUT2D eigenvalue weighted by atomic mass is 32.2. The van der Waals surface area contributed by atoms with Crippen molar-refractivity contribution >= 4 is 21.4 Å². The van der Waals surface area contributed by atoms with Crippen LogP contribution in [0, 0.1) is 0 Å². The Morgan fingerprint density at radius 2 is 1.86 bits per heavy atom. The predicted molar refractivity (Wildman–Crippen MR) is 112 cm³/mol. The van der Waals surface area contributed by atoms with Gasteiger partial charge in [0.15, 0.2) is 0 Å². The fraction of sp³-hybridized carbons (Fsp3) is 0.286. The molecule has 28 heavy (non-hydrogen) atoms. The van der Waals surface area contributed by atoms with Gasteiger partial charge in [-0.3, -0.25) is 0 Å². The quantitative estimate of drug-likeness (QED) is 0.609. The monoisotopic (exact) mass is 414 g/mol. The molecule has 0 N–H and O–H groups in total. The standard InChI is InChI=1S/C21H22N2O3S2/c1-2-26-18-10-8-17(9-11-18)21-22-19-12-13-23(14-20(19)27-21)28(24,25)15-16-6-4-3-5-7-16/h3-11H,2,12-15H2,1H3. The SMILES string of the molecule is CCOc1ccc(-c2nc3c(s2)CN(S(=O)(=O)Cc2ccccc2)CC3)cc1. The molecule has 0 aliphatic carbocycles. The molecule has 1 aliphatic heterocycles. The highest BCUT2D eigenvalue weighted by molar-refractivity contribution is 7.88. The number of benzene rings is 2. The molecule has 146 valence electrons. The predicted octanol–water partition coefficient (Wildman–Crippen LogP) is 4.10. The van der Waals surface area contributed by atoms with Gasteiger partial charge in [0.25, 0.3) is 0 Å². The molecule has 0 bridgehead atoms. The Morgan fingerprint density at radius 1 is 1.11 bits per heavy atom. The van der Waals surface area contributed by atoms with Crippen molar-refractivity contribution in [3.63, 3.8) is 0 Å². The molecule has 4 rings (SSSR count). The molecule has 3 aromatic rings. The molecule has 0 saturated carbocycles. The Kier molecular flexibility index (Phi) is 5.48. The van der Waals surface area contributed by atoms with E-state index in [9.17, 15) is 8.42 Å². The van der Waals surface area contributed by atoms with Crippen molar-refractivity contribution in [2.75, 3.05) is 13.2 Å². The summed E-state index contributed by atoms with van der Waals surface area (Å²) in [6.45, 7) is 3.48. The topological polar surface area (TPSA) is 59.5 Å². The Hall–Kier alpha value is -2.22. The van der Waals surface area contributed by atoms with Gasteiger partial charge in [0, 0.05) is 30.0 Å². The van der Waals surface area contributed by atoms with Gasteiger partial charge in [-0.05, 0) is 36.8 Å². The maximum absolute atomic E-state index is 12.8. The molecule has 0 fully saturated rings. The minimum Gasteiger partial charge on any atom is -0.494 e. The smallest absolute Gasteiger partial charge is 0.218 e. The number of sulfonamides is 1. The van der Waals surface area contributed by atoms with Gasteiger partial charge in [-0.1, -0.05) is 30.3 Å². The number of hydrogen-bond donors (Lipinski definition) is 0. The molecule has 0 radical (unpaired) electrons. The zero-order valence-corrected chi connectivity index (χ0v) is 17.3. The number of rotatable bonds is 6. The summed E-state index contributed by atoms with van der Waals surface area (Å²) in [7, 11) is -3.35. The van der Waals surface area contributed by atoms with Crippen molar-refractivity contribution in [1.82, 2.24) is 9.29 Å². The summed E-state index contributed by atoms with van der Waals surface area (Å²) in [6.07, 6.45) is 0.650. The van der Waals surface area contributed by atoms with Crippen molar-refractivity contribution in [2.45, 2.75) is 25.6 Å². The molecule has 0 unspecified atom stereocenters. The summed E-state index contributed by atoms with van der Waals surface area (Å²) in [5.74, 6) is 0.874. The maximum atomic E-state index is 12.8. The zero-order valence-electron chi connectivity index (χ0n) is 15.7. The number of ether oxygens (including phenoxy) is 1. The molecular weight excluding hydrogens is 392 g/mol. The largest absolute Gasteiger partial charge is 0.494 e. The summed E-state index contributed by atoms with van der Waals surface area (Å²) in [6, 6.07) is 17.2. The van der Waals surface area contributed by atoms with E-state index in [1.807, 2.05) is 61.5 Å². The van der Waals surface area contributed by atoms with Crippen LogP contribution >= 0.6 is 11.3 Å². The van der Waals surface area contributed by atoms with Crippen LogP contribution in [0.2, 0.25) is 0 Å². The molecule has 2 heterocycles. The van der Waals surface area contributed by atoms with Gasteiger partial charge >= 0.3 is 0 Å². The molecule has 0 spiro atoms. The van der Waals surface area contributed by atoms with E-state index in [2.05, 4.69) is 0 Å². The lowest BCUT2D eigenvalue weighted by atomic mass is 10.2. The minimum absolute atomic E-state index is 0.0354. The van der Waals surface area contributed by atoms with Gasteiger partial charge in [-0.25, -0.2) is 13.4 Å². The van der Waals surface area contributed by atoms with Crippen LogP contribution in [-0.4, -0.2) is 30.9 Å². The Morgan fingerprint density at radius 3 is 2.57 bits per heavy atom. The molecule has 0 amide bonds. The van der Waals surface area contributed by atoms with Gasteiger partial charge in [0.1, 0.15) is 10.8 Å². The zero-order chi connectivity index (χ0) is 19.6. The van der Waals surface area contributed by atoms with Crippen molar-refractivity contribution in [2.24, 2.45) is 0 Å². The fourth-order valence-corrected chi connectivity index (χ4v) is 5.97. The molecule has 7 heteroatoms. The summed E-state index contributed by atoms with van der Waals surface area (Å²) in [5.41, 5.74) is 2.86. The van der Waals surface area contributed by atoms with Crippen molar-refractivity contribution < 1.29 is 13.2 Å². The van der Waals surface area contributed by atoms with Gasteiger partial charge in [-0.15, -0.1) is 11.3 Å². The van der Waals surface area contributed by atoms with E-state index in [0.717, 1.165) is 32.5 Å². The second-order valence-corrected chi connectivity index (χ2v) is 9.72. The average Bonchev–Trinajstić information content (AvgIpc) is 3.13. The van der Waals surface area contributed by atoms with Gasteiger partial charge in [0.05, 0.1) is 18.1 Å². The number of thiazole rings is 1. The molecule has 1 aliphatic rings. The van der Waals surface area contributed by atoms with E-state index in [4.69, 9.17) is 9.72 Å². The van der Waals surface area contributed by atoms with E-state index in [1.165, 1.54) is 0 Å². The highest BCUT2D eigenvalue weighted by Crippen LogP contribution is 2.33. The normalized spacial score (nSPS) is 14.6. The first-order chi connectivity index (χ1) is 13.5. The summed E-state index contributed by atoms with van der Waals surface area (Å²) in [5, 5.41) is 0.926. The van der Waals surface area contributed by atoms with Crippen LogP contribution < -0.4 is 4.74 Å². The second-order valence-electron chi connectivity index (χ2n) is 6.67. The van der Waals surface area contributed by atoms with Crippen molar-refractivity contribution in [3.05, 3.63) is 70.7 Å². The fourth-order valence-electron chi connectivity index (χ4n) is 3.27. The second kappa shape index (κ2) is 8.03. The number of hydrogen-bond acceptors (Lipinski definition) is 5. The third-order valence-electron chi connectivity index (χ3n) is 4.69. The van der Waals surface area contributed by atoms with Crippen LogP contribution in [-0.2, 0) is 28.7 Å². The van der Waals surface area contributed by atoms with Gasteiger partial charge in [0.2, 0.25) is 10.0 Å². The molecule has 2 aromatic carbocycles. The first kappa shape index (κ1) is 19.1. The number of fused-ring (bicyclic) bond motifs is 1. The first-order valence-electron chi connectivity index (χ1n) is 9.29. The van der Waals surface area contributed by atoms with E-state index >= 15 is 0 Å². The summed E-state index contributed by atoms with van der Waals surface area (Å²) >= 11 is 1.58. The highest BCUT2D eigenvalue weighted by Gasteiger charge is 2.29. The minimum atomic E-state index is -3.35. The molecule has 5 nitrogen and oxygen atoms in total. The maximum Gasteiger partial charge on any atom is 0.218 e. The summed E-state index contributed by atoms with van der Waals surface area (Å²) < 4.78 is 32.7. The molecule has 1 aromatic heterocycles. The van der Waals surface area contributed by atoms with Crippen LogP contribution in [0.25, 0.3) is 10.6 Å². The molecule has 0 atom stereocenters. The van der Waals surface area contributed by atoms with E-state index < -0.39 is 10.0 Å². The van der Waals surface area contributed by atoms with E-state index in [0.29, 0.717) is 26.1 Å². The van der Waals surface area contributed by atoms with E-state index in [1.54, 1.807) is 15.6 Å². The lowest BCUT2D eigenvalue weighted by Crippen LogP contribution is -2.36. The lowest BCUT2D eigenvalue weighted by Gasteiger charge is -2.25. The number of aromatic nitrogens is 1. The Balaban J connectivity index is 1.51. The third kappa shape index (κ3) is 4.11.